The van der Waals surface area contributed by atoms with Gasteiger partial charge in [0.05, 0.1) is 6.33 Å². The Kier molecular flexibility index (Phi) is 5.62. The van der Waals surface area contributed by atoms with Crippen molar-refractivity contribution < 1.29 is 0 Å². The van der Waals surface area contributed by atoms with Gasteiger partial charge in [-0.2, -0.15) is 0 Å². The SMILES string of the molecule is Cn1cnc(SNCc2ccc3c(c2)C(Cc2ccccc2)C(N)CC3)c1. The molecule has 4 nitrogen and oxygen atoms in total. The van der Waals surface area contributed by atoms with E-state index in [0.717, 1.165) is 30.8 Å². The number of nitrogens with two attached hydrogens (primary N) is 1. The molecule has 2 aromatic carbocycles. The topological polar surface area (TPSA) is 55.9 Å². The van der Waals surface area contributed by atoms with Crippen molar-refractivity contribution >= 4 is 11.9 Å². The molecule has 1 aliphatic rings. The molecule has 2 atom stereocenters. The average Bonchev–Trinajstić information content (AvgIpc) is 3.10. The van der Waals surface area contributed by atoms with Crippen molar-refractivity contribution in [1.82, 2.24) is 14.3 Å². The van der Waals surface area contributed by atoms with Crippen molar-refractivity contribution in [1.29, 1.82) is 0 Å². The van der Waals surface area contributed by atoms with Crippen molar-refractivity contribution in [3.05, 3.63) is 83.3 Å². The molecule has 3 aromatic rings. The molecule has 0 bridgehead atoms. The van der Waals surface area contributed by atoms with Gasteiger partial charge in [-0.1, -0.05) is 48.5 Å². The average molecular weight is 379 g/mol. The summed E-state index contributed by atoms with van der Waals surface area (Å²) >= 11 is 1.57. The number of rotatable bonds is 6. The summed E-state index contributed by atoms with van der Waals surface area (Å²) in [6, 6.07) is 17.8. The predicted octanol–water partition coefficient (Wildman–Crippen LogP) is 3.82. The zero-order chi connectivity index (χ0) is 18.6. The molecule has 2 unspecified atom stereocenters. The number of imidazole rings is 1. The maximum Gasteiger partial charge on any atom is 0.129 e. The van der Waals surface area contributed by atoms with E-state index < -0.39 is 0 Å². The van der Waals surface area contributed by atoms with Crippen molar-refractivity contribution in [2.24, 2.45) is 12.8 Å². The molecule has 4 rings (SSSR count). The zero-order valence-electron chi connectivity index (χ0n) is 15.6. The molecule has 1 aliphatic carbocycles. The van der Waals surface area contributed by atoms with E-state index in [1.54, 1.807) is 11.9 Å². The smallest absolute Gasteiger partial charge is 0.129 e. The minimum Gasteiger partial charge on any atom is -0.339 e. The summed E-state index contributed by atoms with van der Waals surface area (Å²) in [5.74, 6) is 0.388. The second kappa shape index (κ2) is 8.30. The molecule has 0 radical (unpaired) electrons. The third kappa shape index (κ3) is 4.43. The van der Waals surface area contributed by atoms with E-state index in [9.17, 15) is 0 Å². The number of hydrogen-bond donors (Lipinski definition) is 2. The Morgan fingerprint density at radius 1 is 1.19 bits per heavy atom. The summed E-state index contributed by atoms with van der Waals surface area (Å²) in [7, 11) is 1.98. The van der Waals surface area contributed by atoms with Crippen LogP contribution in [0.25, 0.3) is 0 Å². The lowest BCUT2D eigenvalue weighted by molar-refractivity contribution is 0.467. The lowest BCUT2D eigenvalue weighted by Gasteiger charge is -2.32. The quantitative estimate of drug-likeness (QED) is 0.640. The maximum absolute atomic E-state index is 6.54. The Morgan fingerprint density at radius 2 is 2.04 bits per heavy atom. The van der Waals surface area contributed by atoms with Crippen molar-refractivity contribution in [3.63, 3.8) is 0 Å². The molecule has 0 saturated heterocycles. The van der Waals surface area contributed by atoms with Gasteiger partial charge in [-0.3, -0.25) is 4.72 Å². The van der Waals surface area contributed by atoms with Gasteiger partial charge in [0.25, 0.3) is 0 Å². The minimum atomic E-state index is 0.226. The molecule has 1 aromatic heterocycles. The van der Waals surface area contributed by atoms with E-state index in [1.165, 1.54) is 22.3 Å². The molecule has 140 valence electrons. The monoisotopic (exact) mass is 378 g/mol. The van der Waals surface area contributed by atoms with Crippen molar-refractivity contribution in [3.8, 4) is 0 Å². The molecule has 0 fully saturated rings. The van der Waals surface area contributed by atoms with Gasteiger partial charge in [0.1, 0.15) is 5.03 Å². The third-order valence-corrected chi connectivity index (χ3v) is 6.01. The molecule has 3 N–H and O–H groups in total. The Hall–Kier alpha value is -2.08. The molecular formula is C22H26N4S. The van der Waals surface area contributed by atoms with E-state index >= 15 is 0 Å². The van der Waals surface area contributed by atoms with Gasteiger partial charge in [0, 0.05) is 31.7 Å². The Balaban J connectivity index is 1.48. The highest BCUT2D eigenvalue weighted by Gasteiger charge is 2.27. The van der Waals surface area contributed by atoms with Gasteiger partial charge in [0.15, 0.2) is 0 Å². The maximum atomic E-state index is 6.54. The molecule has 1 heterocycles. The lowest BCUT2D eigenvalue weighted by atomic mass is 9.76. The fourth-order valence-corrected chi connectivity index (χ4v) is 4.55. The summed E-state index contributed by atoms with van der Waals surface area (Å²) in [4.78, 5) is 4.33. The number of aryl methyl sites for hydroxylation is 2. The molecule has 0 aliphatic heterocycles. The van der Waals surface area contributed by atoms with Crippen LogP contribution < -0.4 is 10.5 Å². The summed E-state index contributed by atoms with van der Waals surface area (Å²) in [5, 5.41) is 0.986. The number of benzene rings is 2. The number of fused-ring (bicyclic) bond motifs is 1. The molecule has 0 spiro atoms. The van der Waals surface area contributed by atoms with Crippen LogP contribution in [-0.4, -0.2) is 15.6 Å². The predicted molar refractivity (Wildman–Crippen MR) is 112 cm³/mol. The first kappa shape index (κ1) is 18.3. The molecule has 5 heteroatoms. The van der Waals surface area contributed by atoms with Crippen LogP contribution in [0.4, 0.5) is 0 Å². The van der Waals surface area contributed by atoms with Gasteiger partial charge in [-0.05, 0) is 53.5 Å². The second-order valence-corrected chi connectivity index (χ2v) is 8.24. The molecular weight excluding hydrogens is 352 g/mol. The molecule has 27 heavy (non-hydrogen) atoms. The number of nitrogens with one attached hydrogen (secondary N) is 1. The van der Waals surface area contributed by atoms with E-state index in [2.05, 4.69) is 58.2 Å². The van der Waals surface area contributed by atoms with Crippen LogP contribution >= 0.6 is 11.9 Å². The molecule has 0 amide bonds. The summed E-state index contributed by atoms with van der Waals surface area (Å²) < 4.78 is 5.38. The fraction of sp³-hybridized carbons (Fsp3) is 0.318. The lowest BCUT2D eigenvalue weighted by Crippen LogP contribution is -2.34. The molecule has 0 saturated carbocycles. The van der Waals surface area contributed by atoms with E-state index in [0.29, 0.717) is 5.92 Å². The zero-order valence-corrected chi connectivity index (χ0v) is 16.5. The van der Waals surface area contributed by atoms with Crippen LogP contribution in [0.15, 0.2) is 66.1 Å². The third-order valence-electron chi connectivity index (χ3n) is 5.31. The minimum absolute atomic E-state index is 0.226. The first-order valence-corrected chi connectivity index (χ1v) is 10.3. The highest BCUT2D eigenvalue weighted by molar-refractivity contribution is 7.97. The van der Waals surface area contributed by atoms with Crippen LogP contribution in [0.3, 0.4) is 0 Å². The van der Waals surface area contributed by atoms with E-state index in [1.807, 2.05) is 24.1 Å². The summed E-state index contributed by atoms with van der Waals surface area (Å²) in [6.45, 7) is 0.807. The van der Waals surface area contributed by atoms with Crippen LogP contribution in [0.5, 0.6) is 0 Å². The number of nitrogens with zero attached hydrogens (tertiary/aromatic N) is 2. The van der Waals surface area contributed by atoms with Crippen LogP contribution in [0.1, 0.15) is 34.6 Å². The summed E-state index contributed by atoms with van der Waals surface area (Å²) in [6.07, 6.45) is 6.99. The van der Waals surface area contributed by atoms with Crippen molar-refractivity contribution in [2.45, 2.75) is 42.8 Å². The van der Waals surface area contributed by atoms with E-state index in [4.69, 9.17) is 5.73 Å². The Morgan fingerprint density at radius 3 is 2.81 bits per heavy atom. The highest BCUT2D eigenvalue weighted by atomic mass is 32.2. The van der Waals surface area contributed by atoms with Gasteiger partial charge in [-0.15, -0.1) is 0 Å². The normalized spacial score (nSPS) is 19.0. The fourth-order valence-electron chi connectivity index (χ4n) is 3.85. The first-order valence-electron chi connectivity index (χ1n) is 9.48. The number of aromatic nitrogens is 2. The highest BCUT2D eigenvalue weighted by Crippen LogP contribution is 2.34. The van der Waals surface area contributed by atoms with Crippen LogP contribution in [0.2, 0.25) is 0 Å². The largest absolute Gasteiger partial charge is 0.339 e. The van der Waals surface area contributed by atoms with Crippen molar-refractivity contribution in [2.75, 3.05) is 0 Å². The van der Waals surface area contributed by atoms with E-state index in [-0.39, 0.29) is 6.04 Å². The van der Waals surface area contributed by atoms with Crippen LogP contribution in [-0.2, 0) is 26.4 Å². The van der Waals surface area contributed by atoms with Crippen LogP contribution in [0, 0.1) is 0 Å². The van der Waals surface area contributed by atoms with Gasteiger partial charge < -0.3 is 10.3 Å². The van der Waals surface area contributed by atoms with Gasteiger partial charge in [0.2, 0.25) is 0 Å². The first-order chi connectivity index (χ1) is 13.2. The van der Waals surface area contributed by atoms with Gasteiger partial charge in [-0.25, -0.2) is 4.98 Å². The Labute approximate surface area is 165 Å². The number of hydrogen-bond acceptors (Lipinski definition) is 4. The van der Waals surface area contributed by atoms with Gasteiger partial charge >= 0.3 is 0 Å². The Bertz CT molecular complexity index is 890. The summed E-state index contributed by atoms with van der Waals surface area (Å²) in [5.41, 5.74) is 12.1. The standard InChI is InChI=1S/C22H26N4S/c1-26-14-22(24-15-26)27-25-13-17-7-8-18-9-10-21(23)20(19(18)12-17)11-16-5-3-2-4-6-16/h2-8,12,14-15,20-21,25H,9-11,13,23H2,1H3. The second-order valence-electron chi connectivity index (χ2n) is 7.33.